The average molecular weight is 1080 g/mol. The summed E-state index contributed by atoms with van der Waals surface area (Å²) in [5, 5.41) is 0. The smallest absolute Gasteiger partial charge is 0.306 e. The van der Waals surface area contributed by atoms with Crippen LogP contribution < -0.4 is 0 Å². The van der Waals surface area contributed by atoms with E-state index < -0.39 is 6.10 Å². The summed E-state index contributed by atoms with van der Waals surface area (Å²) in [5.41, 5.74) is 0. The number of ether oxygens (including phenoxy) is 3. The van der Waals surface area contributed by atoms with Gasteiger partial charge in [0.1, 0.15) is 13.2 Å². The number of unbranched alkanes of at least 4 members (excludes halogenated alkanes) is 41. The number of carbonyl (C=O) groups excluding carboxylic acids is 3. The van der Waals surface area contributed by atoms with Gasteiger partial charge in [0.2, 0.25) is 0 Å². The lowest BCUT2D eigenvalue weighted by molar-refractivity contribution is -0.167. The van der Waals surface area contributed by atoms with E-state index in [0.29, 0.717) is 19.3 Å². The van der Waals surface area contributed by atoms with Crippen molar-refractivity contribution in [1.82, 2.24) is 0 Å². The Morgan fingerprint density at radius 3 is 0.766 bits per heavy atom. The number of rotatable bonds is 62. The van der Waals surface area contributed by atoms with E-state index in [9.17, 15) is 14.4 Å². The Morgan fingerprint density at radius 1 is 0.260 bits per heavy atom. The molecular formula is C71H128O6. The number of hydrogen-bond donors (Lipinski definition) is 0. The van der Waals surface area contributed by atoms with Crippen LogP contribution in [0.3, 0.4) is 0 Å². The van der Waals surface area contributed by atoms with Crippen molar-refractivity contribution in [3.63, 3.8) is 0 Å². The first-order valence-electron chi connectivity index (χ1n) is 33.8. The van der Waals surface area contributed by atoms with E-state index in [-0.39, 0.29) is 31.1 Å². The van der Waals surface area contributed by atoms with Gasteiger partial charge >= 0.3 is 17.9 Å². The standard InChI is InChI=1S/C71H128O6/c1-4-7-10-13-16-19-22-25-28-30-31-32-33-34-35-36-37-38-39-40-41-42-44-46-49-52-55-58-61-64-70(73)76-67-68(66-75-69(72)63-60-57-54-51-48-45-27-24-21-18-15-12-9-6-3)77-71(74)65-62-59-56-53-50-47-43-29-26-23-20-17-14-11-8-5-2/h15,18,22,24-25,27,30-31,33-34,68H,4-14,16-17,19-21,23,26,28-29,32,35-67H2,1-3H3/b18-15-,25-22-,27-24-,31-30-,34-33-. The Morgan fingerprint density at radius 2 is 0.481 bits per heavy atom. The molecule has 0 aromatic rings. The maximum atomic E-state index is 12.9. The van der Waals surface area contributed by atoms with Gasteiger partial charge in [0.15, 0.2) is 6.10 Å². The molecule has 0 N–H and O–H groups in total. The second-order valence-corrected chi connectivity index (χ2v) is 22.7. The van der Waals surface area contributed by atoms with Crippen molar-refractivity contribution in [2.24, 2.45) is 0 Å². The molecule has 0 heterocycles. The second-order valence-electron chi connectivity index (χ2n) is 22.7. The van der Waals surface area contributed by atoms with Crippen LogP contribution in [0.1, 0.15) is 355 Å². The van der Waals surface area contributed by atoms with Gasteiger partial charge in [-0.1, -0.05) is 313 Å². The first-order chi connectivity index (χ1) is 38.0. The zero-order valence-corrected chi connectivity index (χ0v) is 51.5. The van der Waals surface area contributed by atoms with E-state index in [1.807, 2.05) is 0 Å². The molecule has 0 aliphatic heterocycles. The molecular weight excluding hydrogens is 949 g/mol. The van der Waals surface area contributed by atoms with Gasteiger partial charge in [-0.05, 0) is 83.5 Å². The molecule has 0 saturated carbocycles. The Labute approximate surface area is 479 Å². The molecule has 1 atom stereocenters. The number of carbonyl (C=O) groups is 3. The Kier molecular flexibility index (Phi) is 63.2. The molecule has 6 heteroatoms. The van der Waals surface area contributed by atoms with Crippen molar-refractivity contribution in [2.75, 3.05) is 13.2 Å². The number of hydrogen-bond acceptors (Lipinski definition) is 6. The zero-order chi connectivity index (χ0) is 55.7. The fraction of sp³-hybridized carbons (Fsp3) is 0.817. The van der Waals surface area contributed by atoms with Crippen LogP contribution in [0.5, 0.6) is 0 Å². The number of esters is 3. The molecule has 0 radical (unpaired) electrons. The molecule has 0 rings (SSSR count). The van der Waals surface area contributed by atoms with E-state index in [0.717, 1.165) is 89.9 Å². The molecule has 0 aromatic heterocycles. The van der Waals surface area contributed by atoms with Crippen LogP contribution in [-0.4, -0.2) is 37.2 Å². The van der Waals surface area contributed by atoms with Crippen LogP contribution in [-0.2, 0) is 28.6 Å². The molecule has 0 bridgehead atoms. The topological polar surface area (TPSA) is 78.9 Å². The Hall–Kier alpha value is -2.89. The Balaban J connectivity index is 4.22. The third-order valence-corrected chi connectivity index (χ3v) is 15.0. The van der Waals surface area contributed by atoms with Gasteiger partial charge in [0.05, 0.1) is 0 Å². The highest BCUT2D eigenvalue weighted by Crippen LogP contribution is 2.17. The molecule has 0 saturated heterocycles. The molecule has 77 heavy (non-hydrogen) atoms. The number of allylic oxidation sites excluding steroid dienone is 10. The molecule has 448 valence electrons. The van der Waals surface area contributed by atoms with Gasteiger partial charge in [-0.15, -0.1) is 0 Å². The van der Waals surface area contributed by atoms with Crippen molar-refractivity contribution >= 4 is 17.9 Å². The minimum atomic E-state index is -0.778. The summed E-state index contributed by atoms with van der Waals surface area (Å²) in [6.07, 6.45) is 83.8. The molecule has 0 spiro atoms. The van der Waals surface area contributed by atoms with Crippen LogP contribution in [0.2, 0.25) is 0 Å². The average Bonchev–Trinajstić information content (AvgIpc) is 3.43. The summed E-state index contributed by atoms with van der Waals surface area (Å²) in [6, 6.07) is 0. The zero-order valence-electron chi connectivity index (χ0n) is 51.5. The highest BCUT2D eigenvalue weighted by Gasteiger charge is 2.19. The first-order valence-corrected chi connectivity index (χ1v) is 33.8. The van der Waals surface area contributed by atoms with Gasteiger partial charge in [0.25, 0.3) is 0 Å². The van der Waals surface area contributed by atoms with Crippen molar-refractivity contribution in [3.05, 3.63) is 60.8 Å². The van der Waals surface area contributed by atoms with E-state index in [4.69, 9.17) is 14.2 Å². The maximum Gasteiger partial charge on any atom is 0.306 e. The highest BCUT2D eigenvalue weighted by atomic mass is 16.6. The van der Waals surface area contributed by atoms with Gasteiger partial charge < -0.3 is 14.2 Å². The third-order valence-electron chi connectivity index (χ3n) is 15.0. The predicted octanol–water partition coefficient (Wildman–Crippen LogP) is 23.1. The summed E-state index contributed by atoms with van der Waals surface area (Å²) < 4.78 is 16.9. The van der Waals surface area contributed by atoms with E-state index in [1.165, 1.54) is 225 Å². The second kappa shape index (κ2) is 65.6. The summed E-state index contributed by atoms with van der Waals surface area (Å²) in [6.45, 7) is 6.63. The van der Waals surface area contributed by atoms with Gasteiger partial charge in [-0.2, -0.15) is 0 Å². The molecule has 0 amide bonds. The van der Waals surface area contributed by atoms with Crippen molar-refractivity contribution in [3.8, 4) is 0 Å². The van der Waals surface area contributed by atoms with E-state index in [1.54, 1.807) is 0 Å². The summed E-state index contributed by atoms with van der Waals surface area (Å²) in [4.78, 5) is 38.3. The normalized spacial score (nSPS) is 12.4. The molecule has 1 unspecified atom stereocenters. The van der Waals surface area contributed by atoms with Crippen LogP contribution >= 0.6 is 0 Å². The largest absolute Gasteiger partial charge is 0.462 e. The van der Waals surface area contributed by atoms with Crippen LogP contribution in [0.4, 0.5) is 0 Å². The van der Waals surface area contributed by atoms with Gasteiger partial charge in [-0.3, -0.25) is 14.4 Å². The van der Waals surface area contributed by atoms with Crippen LogP contribution in [0, 0.1) is 0 Å². The van der Waals surface area contributed by atoms with Crippen molar-refractivity contribution in [1.29, 1.82) is 0 Å². The fourth-order valence-electron chi connectivity index (χ4n) is 9.88. The van der Waals surface area contributed by atoms with Gasteiger partial charge in [0, 0.05) is 19.3 Å². The lowest BCUT2D eigenvalue weighted by atomic mass is 10.0. The third kappa shape index (κ3) is 63.8. The van der Waals surface area contributed by atoms with Crippen molar-refractivity contribution < 1.29 is 28.6 Å². The van der Waals surface area contributed by atoms with Gasteiger partial charge in [-0.25, -0.2) is 0 Å². The minimum absolute atomic E-state index is 0.0751. The Bertz CT molecular complexity index is 1380. The first kappa shape index (κ1) is 74.1. The fourth-order valence-corrected chi connectivity index (χ4v) is 9.88. The van der Waals surface area contributed by atoms with E-state index >= 15 is 0 Å². The maximum absolute atomic E-state index is 12.9. The van der Waals surface area contributed by atoms with Crippen molar-refractivity contribution in [2.45, 2.75) is 361 Å². The monoisotopic (exact) mass is 1080 g/mol. The minimum Gasteiger partial charge on any atom is -0.462 e. The molecule has 0 aliphatic carbocycles. The highest BCUT2D eigenvalue weighted by molar-refractivity contribution is 5.71. The quantitative estimate of drug-likeness (QED) is 0.0261. The summed E-state index contributed by atoms with van der Waals surface area (Å²) in [5.74, 6) is -0.869. The molecule has 6 nitrogen and oxygen atoms in total. The SMILES string of the molecule is CCCC/C=C\C/C=C\CCCCCCCC(=O)OCC(COC(=O)CCCCCCCCCCCCCCCC/C=C\C/C=C\C/C=C\CCCCCCC)OC(=O)CCCCCCCCCCCCCCCCCC. The lowest BCUT2D eigenvalue weighted by Gasteiger charge is -2.18. The summed E-state index contributed by atoms with van der Waals surface area (Å²) in [7, 11) is 0. The molecule has 0 aliphatic rings. The summed E-state index contributed by atoms with van der Waals surface area (Å²) >= 11 is 0. The van der Waals surface area contributed by atoms with Crippen LogP contribution in [0.25, 0.3) is 0 Å². The lowest BCUT2D eigenvalue weighted by Crippen LogP contribution is -2.30. The van der Waals surface area contributed by atoms with E-state index in [2.05, 4.69) is 81.5 Å². The predicted molar refractivity (Wildman–Crippen MR) is 335 cm³/mol. The molecule has 0 aromatic carbocycles. The molecule has 0 fully saturated rings. The van der Waals surface area contributed by atoms with Crippen LogP contribution in [0.15, 0.2) is 60.8 Å².